The van der Waals surface area contributed by atoms with E-state index in [1.54, 1.807) is 0 Å². The molecule has 0 amide bonds. The zero-order valence-electron chi connectivity index (χ0n) is 50.4. The molecule has 0 bridgehead atoms. The first-order valence-electron chi connectivity index (χ1n) is 32.4. The van der Waals surface area contributed by atoms with Crippen molar-refractivity contribution in [2.45, 2.75) is 309 Å². The van der Waals surface area contributed by atoms with Gasteiger partial charge in [-0.15, -0.1) is 0 Å². The van der Waals surface area contributed by atoms with Crippen LogP contribution in [0.25, 0.3) is 0 Å². The van der Waals surface area contributed by atoms with Crippen LogP contribution in [-0.4, -0.2) is 37.2 Å². The van der Waals surface area contributed by atoms with Gasteiger partial charge < -0.3 is 14.2 Å². The average Bonchev–Trinajstić information content (AvgIpc) is 3.43. The lowest BCUT2D eigenvalue weighted by Gasteiger charge is -2.18. The molecule has 0 fully saturated rings. The Balaban J connectivity index is 4.34. The number of hydrogen-bond donors (Lipinski definition) is 0. The summed E-state index contributed by atoms with van der Waals surface area (Å²) in [5.74, 6) is -0.904. The molecule has 6 heteroatoms. The van der Waals surface area contributed by atoms with Gasteiger partial charge in [0.15, 0.2) is 6.10 Å². The lowest BCUT2D eigenvalue weighted by atomic mass is 10.0. The summed E-state index contributed by atoms with van der Waals surface area (Å²) in [6.07, 6.45) is 88.0. The largest absolute Gasteiger partial charge is 0.462 e. The average molecular weight is 1070 g/mol. The van der Waals surface area contributed by atoms with Gasteiger partial charge in [-0.2, -0.15) is 0 Å². The van der Waals surface area contributed by atoms with Gasteiger partial charge in [0.1, 0.15) is 13.2 Å². The Morgan fingerprint density at radius 2 is 0.506 bits per heavy atom. The molecule has 0 saturated heterocycles. The van der Waals surface area contributed by atoms with Crippen LogP contribution >= 0.6 is 0 Å². The third-order valence-corrected chi connectivity index (χ3v) is 13.7. The van der Waals surface area contributed by atoms with Crippen LogP contribution in [0.15, 0.2) is 109 Å². The predicted molar refractivity (Wildman–Crippen MR) is 334 cm³/mol. The third-order valence-electron chi connectivity index (χ3n) is 13.7. The van der Waals surface area contributed by atoms with E-state index in [2.05, 4.69) is 130 Å². The number of allylic oxidation sites excluding steroid dienone is 18. The molecule has 1 unspecified atom stereocenters. The molecular weight excluding hydrogens is 949 g/mol. The van der Waals surface area contributed by atoms with E-state index in [-0.39, 0.29) is 31.1 Å². The summed E-state index contributed by atoms with van der Waals surface area (Å²) >= 11 is 0. The second-order valence-corrected chi connectivity index (χ2v) is 21.3. The fourth-order valence-electron chi connectivity index (χ4n) is 8.88. The summed E-state index contributed by atoms with van der Waals surface area (Å²) in [5, 5.41) is 0. The number of carbonyl (C=O) groups is 3. The van der Waals surface area contributed by atoms with Crippen molar-refractivity contribution in [2.24, 2.45) is 0 Å². The maximum absolute atomic E-state index is 12.9. The minimum absolute atomic E-state index is 0.0874. The lowest BCUT2D eigenvalue weighted by Crippen LogP contribution is -2.30. The van der Waals surface area contributed by atoms with Gasteiger partial charge in [-0.3, -0.25) is 14.4 Å². The number of unbranched alkanes of at least 4 members (excludes halogenated alkanes) is 29. The van der Waals surface area contributed by atoms with Crippen LogP contribution in [0, 0.1) is 0 Å². The molecule has 0 aliphatic rings. The van der Waals surface area contributed by atoms with Crippen LogP contribution in [0.1, 0.15) is 303 Å². The Bertz CT molecular complexity index is 1560. The molecule has 0 aromatic rings. The zero-order chi connectivity index (χ0) is 55.7. The van der Waals surface area contributed by atoms with Crippen molar-refractivity contribution in [1.82, 2.24) is 0 Å². The van der Waals surface area contributed by atoms with Crippen molar-refractivity contribution in [1.29, 1.82) is 0 Å². The van der Waals surface area contributed by atoms with Crippen molar-refractivity contribution >= 4 is 17.9 Å². The quantitative estimate of drug-likeness (QED) is 0.0261. The van der Waals surface area contributed by atoms with Gasteiger partial charge in [0, 0.05) is 19.3 Å². The second kappa shape index (κ2) is 64.6. The van der Waals surface area contributed by atoms with E-state index < -0.39 is 6.10 Å². The SMILES string of the molecule is CC/C=C\C/C=C\C/C=C\C/C=C\C/C=C\CCCCCCCCCCCCCC(=O)OCC(COC(=O)CCCCCCC/C=C\C/C=C\CCCCC)OC(=O)CCCCCCCCC/C=C\C/C=C\CCCCC. The van der Waals surface area contributed by atoms with Crippen LogP contribution in [-0.2, 0) is 28.6 Å². The van der Waals surface area contributed by atoms with Crippen molar-refractivity contribution in [3.8, 4) is 0 Å². The summed E-state index contributed by atoms with van der Waals surface area (Å²) in [6, 6.07) is 0. The van der Waals surface area contributed by atoms with E-state index in [0.29, 0.717) is 19.3 Å². The molecule has 0 aromatic carbocycles. The minimum Gasteiger partial charge on any atom is -0.462 e. The first-order valence-corrected chi connectivity index (χ1v) is 32.4. The van der Waals surface area contributed by atoms with E-state index in [9.17, 15) is 14.4 Å². The molecule has 77 heavy (non-hydrogen) atoms. The second-order valence-electron chi connectivity index (χ2n) is 21.3. The fourth-order valence-corrected chi connectivity index (χ4v) is 8.88. The first-order chi connectivity index (χ1) is 38.0. The molecule has 6 nitrogen and oxygen atoms in total. The summed E-state index contributed by atoms with van der Waals surface area (Å²) in [4.78, 5) is 38.3. The van der Waals surface area contributed by atoms with Gasteiger partial charge in [0.25, 0.3) is 0 Å². The number of rotatable bonds is 58. The standard InChI is InChI=1S/C71H120O6/c1-4-7-10-13-16-19-22-25-28-30-31-32-33-34-35-36-37-38-39-41-43-46-49-52-55-58-61-64-70(73)76-67-68(66-75-69(72)63-60-57-54-51-48-45-42-27-24-21-18-15-12-9-6-3)77-71(74)65-62-59-56-53-50-47-44-40-29-26-23-20-17-14-11-8-5-2/h7,10,16-21,25-29,31-32,34-35,42,68H,4-6,8-9,11-15,22-24,30,33,36-41,43-67H2,1-3H3/b10-7-,19-16-,20-17-,21-18-,28-25-,29-26-,32-31-,35-34-,42-27-. The maximum atomic E-state index is 12.9. The third kappa shape index (κ3) is 62.8. The van der Waals surface area contributed by atoms with Gasteiger partial charge >= 0.3 is 17.9 Å². The molecule has 0 aliphatic carbocycles. The Morgan fingerprint density at radius 1 is 0.273 bits per heavy atom. The molecule has 0 N–H and O–H groups in total. The fraction of sp³-hybridized carbons (Fsp3) is 0.704. The highest BCUT2D eigenvalue weighted by molar-refractivity contribution is 5.71. The number of esters is 3. The number of ether oxygens (including phenoxy) is 3. The Labute approximate surface area is 476 Å². The molecular formula is C71H120O6. The van der Waals surface area contributed by atoms with Crippen molar-refractivity contribution in [3.63, 3.8) is 0 Å². The van der Waals surface area contributed by atoms with E-state index in [1.165, 1.54) is 135 Å². The molecule has 0 aromatic heterocycles. The van der Waals surface area contributed by atoms with E-state index in [4.69, 9.17) is 14.2 Å². The molecule has 0 spiro atoms. The van der Waals surface area contributed by atoms with Gasteiger partial charge in [-0.05, 0) is 128 Å². The normalized spacial score (nSPS) is 12.8. The molecule has 0 saturated carbocycles. The van der Waals surface area contributed by atoms with Crippen LogP contribution in [0.4, 0.5) is 0 Å². The van der Waals surface area contributed by atoms with Crippen molar-refractivity contribution in [3.05, 3.63) is 109 Å². The van der Waals surface area contributed by atoms with Gasteiger partial charge in [0.2, 0.25) is 0 Å². The lowest BCUT2D eigenvalue weighted by molar-refractivity contribution is -0.167. The Kier molecular flexibility index (Phi) is 61.3. The van der Waals surface area contributed by atoms with E-state index in [1.807, 2.05) is 0 Å². The van der Waals surface area contributed by atoms with Gasteiger partial charge in [-0.25, -0.2) is 0 Å². The molecule has 440 valence electrons. The van der Waals surface area contributed by atoms with Crippen LogP contribution in [0.5, 0.6) is 0 Å². The van der Waals surface area contributed by atoms with Crippen molar-refractivity contribution < 1.29 is 28.6 Å². The Morgan fingerprint density at radius 3 is 0.792 bits per heavy atom. The summed E-state index contributed by atoms with van der Waals surface area (Å²) in [7, 11) is 0. The van der Waals surface area contributed by atoms with Crippen molar-refractivity contribution in [2.75, 3.05) is 13.2 Å². The predicted octanol–water partition coefficient (Wildman–Crippen LogP) is 22.2. The highest BCUT2D eigenvalue weighted by Crippen LogP contribution is 2.16. The molecule has 1 atom stereocenters. The summed E-state index contributed by atoms with van der Waals surface area (Å²) in [6.45, 7) is 6.47. The molecule has 0 radical (unpaired) electrons. The highest BCUT2D eigenvalue weighted by Gasteiger charge is 2.19. The summed E-state index contributed by atoms with van der Waals surface area (Å²) in [5.41, 5.74) is 0. The highest BCUT2D eigenvalue weighted by atomic mass is 16.6. The topological polar surface area (TPSA) is 78.9 Å². The van der Waals surface area contributed by atoms with E-state index >= 15 is 0 Å². The van der Waals surface area contributed by atoms with Crippen LogP contribution in [0.2, 0.25) is 0 Å². The smallest absolute Gasteiger partial charge is 0.306 e. The molecule has 0 rings (SSSR count). The van der Waals surface area contributed by atoms with Gasteiger partial charge in [-0.1, -0.05) is 265 Å². The Hall–Kier alpha value is -3.93. The number of hydrogen-bond acceptors (Lipinski definition) is 6. The van der Waals surface area contributed by atoms with E-state index in [0.717, 1.165) is 128 Å². The first kappa shape index (κ1) is 73.1. The maximum Gasteiger partial charge on any atom is 0.306 e. The summed E-state index contributed by atoms with van der Waals surface area (Å²) < 4.78 is 16.9. The zero-order valence-corrected chi connectivity index (χ0v) is 50.4. The molecule has 0 heterocycles. The minimum atomic E-state index is -0.792. The number of carbonyl (C=O) groups excluding carboxylic acids is 3. The van der Waals surface area contributed by atoms with Crippen LogP contribution < -0.4 is 0 Å². The van der Waals surface area contributed by atoms with Gasteiger partial charge in [0.05, 0.1) is 0 Å². The molecule has 0 aliphatic heterocycles. The van der Waals surface area contributed by atoms with Crippen LogP contribution in [0.3, 0.4) is 0 Å². The monoisotopic (exact) mass is 1070 g/mol.